The van der Waals surface area contributed by atoms with Gasteiger partial charge in [0, 0.05) is 9.77 Å². The lowest BCUT2D eigenvalue weighted by Crippen LogP contribution is -1.97. The minimum Gasteiger partial charge on any atom is -0.478 e. The van der Waals surface area contributed by atoms with Crippen molar-refractivity contribution < 1.29 is 14.6 Å². The Morgan fingerprint density at radius 1 is 1.24 bits per heavy atom. The number of hydrogen-bond acceptors (Lipinski definition) is 3. The average molecular weight is 341 g/mol. The van der Waals surface area contributed by atoms with Crippen LogP contribution in [0, 0.1) is 3.57 Å². The Kier molecular flexibility index (Phi) is 3.58. The number of halogens is 1. The standard InChI is InChI=1S/C12H8INO3/c13-9-2-1-3-10(5-9)17-11-4-8(12(15)16)6-14-7-11/h1-7H,(H,15,16). The maximum Gasteiger partial charge on any atom is 0.337 e. The van der Waals surface area contributed by atoms with Gasteiger partial charge in [-0.2, -0.15) is 0 Å². The number of nitrogens with zero attached hydrogens (tertiary/aromatic N) is 1. The van der Waals surface area contributed by atoms with Gasteiger partial charge in [0.05, 0.1) is 11.8 Å². The maximum atomic E-state index is 10.8. The predicted octanol–water partition coefficient (Wildman–Crippen LogP) is 3.18. The van der Waals surface area contributed by atoms with E-state index in [0.717, 1.165) is 3.57 Å². The summed E-state index contributed by atoms with van der Waals surface area (Å²) in [7, 11) is 0. The van der Waals surface area contributed by atoms with E-state index < -0.39 is 5.97 Å². The fraction of sp³-hybridized carbons (Fsp3) is 0. The van der Waals surface area contributed by atoms with Crippen molar-refractivity contribution in [3.05, 3.63) is 51.9 Å². The normalized spacial score (nSPS) is 9.94. The molecule has 0 saturated heterocycles. The number of carboxylic acids is 1. The second kappa shape index (κ2) is 5.13. The molecule has 1 heterocycles. The fourth-order valence-corrected chi connectivity index (χ4v) is 1.77. The van der Waals surface area contributed by atoms with Gasteiger partial charge in [0.2, 0.25) is 0 Å². The lowest BCUT2D eigenvalue weighted by molar-refractivity contribution is 0.0696. The van der Waals surface area contributed by atoms with Gasteiger partial charge in [-0.1, -0.05) is 6.07 Å². The Labute approximate surface area is 111 Å². The molecule has 0 unspecified atom stereocenters. The van der Waals surface area contributed by atoms with Crippen molar-refractivity contribution in [3.8, 4) is 11.5 Å². The van der Waals surface area contributed by atoms with E-state index in [1.807, 2.05) is 18.2 Å². The third-order valence-corrected chi connectivity index (χ3v) is 2.66. The molecule has 4 nitrogen and oxygen atoms in total. The van der Waals surface area contributed by atoms with E-state index in [2.05, 4.69) is 27.6 Å². The van der Waals surface area contributed by atoms with Crippen molar-refractivity contribution in [2.45, 2.75) is 0 Å². The Bertz CT molecular complexity index is 557. The molecule has 17 heavy (non-hydrogen) atoms. The first kappa shape index (κ1) is 11.8. The number of hydrogen-bond donors (Lipinski definition) is 1. The van der Waals surface area contributed by atoms with Crippen molar-refractivity contribution in [2.75, 3.05) is 0 Å². The Morgan fingerprint density at radius 3 is 2.76 bits per heavy atom. The molecular formula is C12H8INO3. The van der Waals surface area contributed by atoms with Crippen LogP contribution in [-0.4, -0.2) is 16.1 Å². The average Bonchev–Trinajstić information content (AvgIpc) is 2.29. The first-order valence-corrected chi connectivity index (χ1v) is 5.85. The topological polar surface area (TPSA) is 59.4 Å². The number of benzene rings is 1. The van der Waals surface area contributed by atoms with E-state index in [1.165, 1.54) is 18.5 Å². The van der Waals surface area contributed by atoms with Crippen LogP contribution < -0.4 is 4.74 Å². The number of aromatic nitrogens is 1. The summed E-state index contributed by atoms with van der Waals surface area (Å²) in [6, 6.07) is 8.91. The van der Waals surface area contributed by atoms with Gasteiger partial charge in [-0.3, -0.25) is 4.98 Å². The van der Waals surface area contributed by atoms with Crippen molar-refractivity contribution in [2.24, 2.45) is 0 Å². The van der Waals surface area contributed by atoms with Crippen molar-refractivity contribution in [1.29, 1.82) is 0 Å². The largest absolute Gasteiger partial charge is 0.478 e. The number of carboxylic acid groups (broad SMARTS) is 1. The molecule has 2 aromatic rings. The van der Waals surface area contributed by atoms with Crippen LogP contribution in [0.25, 0.3) is 0 Å². The molecule has 86 valence electrons. The van der Waals surface area contributed by atoms with Crippen LogP contribution in [0.15, 0.2) is 42.7 Å². The molecule has 0 amide bonds. The van der Waals surface area contributed by atoms with E-state index in [0.29, 0.717) is 11.5 Å². The first-order valence-electron chi connectivity index (χ1n) is 4.77. The molecule has 0 spiro atoms. The SMILES string of the molecule is O=C(O)c1cncc(Oc2cccc(I)c2)c1. The molecule has 0 bridgehead atoms. The number of carbonyl (C=O) groups is 1. The smallest absolute Gasteiger partial charge is 0.337 e. The second-order valence-electron chi connectivity index (χ2n) is 3.27. The molecule has 2 rings (SSSR count). The van der Waals surface area contributed by atoms with Gasteiger partial charge in [0.25, 0.3) is 0 Å². The van der Waals surface area contributed by atoms with Gasteiger partial charge in [-0.15, -0.1) is 0 Å². The number of pyridine rings is 1. The molecule has 0 saturated carbocycles. The summed E-state index contributed by atoms with van der Waals surface area (Å²) in [6.07, 6.45) is 2.76. The van der Waals surface area contributed by atoms with E-state index in [-0.39, 0.29) is 5.56 Å². The van der Waals surface area contributed by atoms with E-state index in [1.54, 1.807) is 6.07 Å². The fourth-order valence-electron chi connectivity index (χ4n) is 1.26. The highest BCUT2D eigenvalue weighted by Gasteiger charge is 2.05. The zero-order valence-electron chi connectivity index (χ0n) is 8.63. The van der Waals surface area contributed by atoms with Gasteiger partial charge < -0.3 is 9.84 Å². The molecule has 0 aliphatic carbocycles. The number of ether oxygens (including phenoxy) is 1. The van der Waals surface area contributed by atoms with Crippen LogP contribution in [-0.2, 0) is 0 Å². The lowest BCUT2D eigenvalue weighted by Gasteiger charge is -2.05. The van der Waals surface area contributed by atoms with Crippen molar-refractivity contribution >= 4 is 28.6 Å². The van der Waals surface area contributed by atoms with Crippen LogP contribution >= 0.6 is 22.6 Å². The summed E-state index contributed by atoms with van der Waals surface area (Å²) in [6.45, 7) is 0. The van der Waals surface area contributed by atoms with Crippen LogP contribution in [0.2, 0.25) is 0 Å². The highest BCUT2D eigenvalue weighted by Crippen LogP contribution is 2.22. The van der Waals surface area contributed by atoms with Gasteiger partial charge >= 0.3 is 5.97 Å². The van der Waals surface area contributed by atoms with E-state index in [9.17, 15) is 4.79 Å². The van der Waals surface area contributed by atoms with E-state index in [4.69, 9.17) is 9.84 Å². The number of rotatable bonds is 3. The molecular weight excluding hydrogens is 333 g/mol. The molecule has 0 fully saturated rings. The minimum atomic E-state index is -1.02. The molecule has 1 aromatic heterocycles. The zero-order valence-corrected chi connectivity index (χ0v) is 10.8. The van der Waals surface area contributed by atoms with Gasteiger partial charge in [-0.25, -0.2) is 4.79 Å². The quantitative estimate of drug-likeness (QED) is 0.872. The van der Waals surface area contributed by atoms with Crippen molar-refractivity contribution in [3.63, 3.8) is 0 Å². The Hall–Kier alpha value is -1.63. The van der Waals surface area contributed by atoms with Gasteiger partial charge in [0.15, 0.2) is 0 Å². The highest BCUT2D eigenvalue weighted by molar-refractivity contribution is 14.1. The third kappa shape index (κ3) is 3.16. The predicted molar refractivity (Wildman–Crippen MR) is 70.4 cm³/mol. The maximum absolute atomic E-state index is 10.8. The summed E-state index contributed by atoms with van der Waals surface area (Å²) in [5, 5.41) is 8.82. The second-order valence-corrected chi connectivity index (χ2v) is 4.52. The summed E-state index contributed by atoms with van der Waals surface area (Å²) in [4.78, 5) is 14.6. The van der Waals surface area contributed by atoms with Crippen molar-refractivity contribution in [1.82, 2.24) is 4.98 Å². The molecule has 0 atom stereocenters. The molecule has 5 heteroatoms. The highest BCUT2D eigenvalue weighted by atomic mass is 127. The van der Waals surface area contributed by atoms with Gasteiger partial charge in [0.1, 0.15) is 11.5 Å². The third-order valence-electron chi connectivity index (χ3n) is 1.99. The summed E-state index contributed by atoms with van der Waals surface area (Å²) in [5.74, 6) is 0.0405. The molecule has 1 aromatic carbocycles. The summed E-state index contributed by atoms with van der Waals surface area (Å²) >= 11 is 2.18. The Balaban J connectivity index is 2.24. The van der Waals surface area contributed by atoms with E-state index >= 15 is 0 Å². The van der Waals surface area contributed by atoms with Crippen LogP contribution in [0.5, 0.6) is 11.5 Å². The monoisotopic (exact) mass is 341 g/mol. The lowest BCUT2D eigenvalue weighted by atomic mass is 10.3. The molecule has 0 aliphatic rings. The number of aromatic carboxylic acids is 1. The van der Waals surface area contributed by atoms with Crippen LogP contribution in [0.4, 0.5) is 0 Å². The molecule has 0 radical (unpaired) electrons. The van der Waals surface area contributed by atoms with Crippen LogP contribution in [0.3, 0.4) is 0 Å². The Morgan fingerprint density at radius 2 is 2.06 bits per heavy atom. The molecule has 1 N–H and O–H groups in total. The minimum absolute atomic E-state index is 0.105. The first-order chi connectivity index (χ1) is 8.15. The van der Waals surface area contributed by atoms with Gasteiger partial charge in [-0.05, 0) is 46.9 Å². The molecule has 0 aliphatic heterocycles. The zero-order chi connectivity index (χ0) is 12.3. The summed E-state index contributed by atoms with van der Waals surface area (Å²) in [5.41, 5.74) is 0.105. The van der Waals surface area contributed by atoms with Crippen LogP contribution in [0.1, 0.15) is 10.4 Å². The summed E-state index contributed by atoms with van der Waals surface area (Å²) < 4.78 is 6.56.